The average Bonchev–Trinajstić information content (AvgIpc) is 3.14. The van der Waals surface area contributed by atoms with E-state index in [-0.39, 0.29) is 22.8 Å². The van der Waals surface area contributed by atoms with Gasteiger partial charge in [-0.3, -0.25) is 9.59 Å². The smallest absolute Gasteiger partial charge is 0.253 e. The lowest BCUT2D eigenvalue weighted by Crippen LogP contribution is -2.50. The Morgan fingerprint density at radius 1 is 1.03 bits per heavy atom. The van der Waals surface area contributed by atoms with Crippen LogP contribution < -0.4 is 5.32 Å². The Morgan fingerprint density at radius 3 is 2.21 bits per heavy atom. The lowest BCUT2D eigenvalue weighted by atomic mass is 9.88. The fourth-order valence-electron chi connectivity index (χ4n) is 4.45. The zero-order chi connectivity index (χ0) is 24.3. The molecule has 2 aromatic carbocycles. The standard InChI is InChI=1S/C23H18Cl5F2NO2/c1-21(12-6-13(24)8-14(25)7-12)19(23(21,27)28)18(32)5-11-2-3-17(26)16(4-11)20(33)31-15-9-22(29,30)10-15/h2-4,6-8,15,19H,5,9-10H2,1H3,(H,31,33). The van der Waals surface area contributed by atoms with Crippen molar-refractivity contribution in [3.8, 4) is 0 Å². The Balaban J connectivity index is 1.51. The number of rotatable bonds is 6. The van der Waals surface area contributed by atoms with Crippen molar-refractivity contribution in [2.24, 2.45) is 5.92 Å². The van der Waals surface area contributed by atoms with Gasteiger partial charge in [-0.15, -0.1) is 0 Å². The summed E-state index contributed by atoms with van der Waals surface area (Å²) in [5.41, 5.74) is 0.386. The summed E-state index contributed by atoms with van der Waals surface area (Å²) in [6.45, 7) is 1.77. The summed E-state index contributed by atoms with van der Waals surface area (Å²) in [7, 11) is 0. The van der Waals surface area contributed by atoms with Crippen LogP contribution in [0.3, 0.4) is 0 Å². The van der Waals surface area contributed by atoms with E-state index in [0.717, 1.165) is 0 Å². The molecule has 0 heterocycles. The van der Waals surface area contributed by atoms with Crippen LogP contribution >= 0.6 is 58.0 Å². The number of nitrogens with one attached hydrogen (secondary N) is 1. The number of ketones is 1. The van der Waals surface area contributed by atoms with Gasteiger partial charge in [-0.25, -0.2) is 8.78 Å². The van der Waals surface area contributed by atoms with Crippen LogP contribution in [-0.2, 0) is 16.6 Å². The quantitative estimate of drug-likeness (QED) is 0.389. The normalized spacial score (nSPS) is 25.3. The molecule has 4 rings (SSSR count). The molecule has 2 atom stereocenters. The number of carbonyl (C=O) groups is 2. The number of alkyl halides is 4. The third-order valence-electron chi connectivity index (χ3n) is 6.41. The summed E-state index contributed by atoms with van der Waals surface area (Å²) in [6.07, 6.45) is -0.861. The molecule has 0 saturated heterocycles. The van der Waals surface area contributed by atoms with E-state index in [1.54, 1.807) is 31.2 Å². The predicted molar refractivity (Wildman–Crippen MR) is 127 cm³/mol. The van der Waals surface area contributed by atoms with Crippen LogP contribution in [0.15, 0.2) is 36.4 Å². The topological polar surface area (TPSA) is 46.2 Å². The summed E-state index contributed by atoms with van der Waals surface area (Å²) in [5.74, 6) is -4.28. The van der Waals surface area contributed by atoms with Crippen LogP contribution in [0.1, 0.15) is 41.3 Å². The highest BCUT2D eigenvalue weighted by Crippen LogP contribution is 2.70. The van der Waals surface area contributed by atoms with E-state index in [9.17, 15) is 18.4 Å². The van der Waals surface area contributed by atoms with E-state index in [0.29, 0.717) is 21.2 Å². The molecule has 1 amide bonds. The van der Waals surface area contributed by atoms with Crippen LogP contribution in [0, 0.1) is 5.92 Å². The number of amides is 1. The van der Waals surface area contributed by atoms with Gasteiger partial charge in [0.05, 0.1) is 16.5 Å². The van der Waals surface area contributed by atoms with Gasteiger partial charge in [0.25, 0.3) is 11.8 Å². The third-order valence-corrected chi connectivity index (χ3v) is 8.40. The number of hydrogen-bond acceptors (Lipinski definition) is 2. The third kappa shape index (κ3) is 4.60. The van der Waals surface area contributed by atoms with Crippen molar-refractivity contribution in [1.29, 1.82) is 0 Å². The van der Waals surface area contributed by atoms with Crippen LogP contribution in [0.25, 0.3) is 0 Å². The SMILES string of the molecule is CC1(c2cc(Cl)cc(Cl)c2)C(C(=O)Cc2ccc(Cl)c(C(=O)NC3CC(F)(F)C3)c2)C1(Cl)Cl. The monoisotopic (exact) mass is 553 g/mol. The number of hydrogen-bond donors (Lipinski definition) is 1. The molecule has 2 unspecified atom stereocenters. The molecule has 10 heteroatoms. The van der Waals surface area contributed by atoms with Crippen LogP contribution in [0.4, 0.5) is 8.78 Å². The first-order valence-corrected chi connectivity index (χ1v) is 12.0. The molecule has 3 nitrogen and oxygen atoms in total. The lowest BCUT2D eigenvalue weighted by Gasteiger charge is -2.35. The number of carbonyl (C=O) groups excluding carboxylic acids is 2. The molecule has 0 aromatic heterocycles. The first kappa shape index (κ1) is 25.0. The Hall–Kier alpha value is -1.11. The van der Waals surface area contributed by atoms with E-state index in [1.807, 2.05) is 0 Å². The van der Waals surface area contributed by atoms with Crippen LogP contribution in [0.2, 0.25) is 15.1 Å². The van der Waals surface area contributed by atoms with Crippen molar-refractivity contribution in [2.75, 3.05) is 0 Å². The Bertz CT molecular complexity index is 1130. The van der Waals surface area contributed by atoms with E-state index in [1.165, 1.54) is 12.1 Å². The predicted octanol–water partition coefficient (Wildman–Crippen LogP) is 7.05. The minimum Gasteiger partial charge on any atom is -0.349 e. The Kier molecular flexibility index (Phi) is 6.46. The number of halogens is 7. The van der Waals surface area contributed by atoms with E-state index < -0.39 is 46.4 Å². The number of Topliss-reactive ketones (excluding diaryl/α,β-unsaturated/α-hetero) is 1. The molecule has 1 N–H and O–H groups in total. The van der Waals surface area contributed by atoms with Gasteiger partial charge in [-0.1, -0.05) is 71.0 Å². The molecular weight excluding hydrogens is 538 g/mol. The van der Waals surface area contributed by atoms with Gasteiger partial charge < -0.3 is 5.32 Å². The van der Waals surface area contributed by atoms with Gasteiger partial charge >= 0.3 is 0 Å². The maximum atomic E-state index is 13.2. The first-order valence-electron chi connectivity index (χ1n) is 10.1. The second-order valence-electron chi connectivity index (χ2n) is 8.81. The molecule has 2 aromatic rings. The zero-order valence-electron chi connectivity index (χ0n) is 17.2. The summed E-state index contributed by atoms with van der Waals surface area (Å²) in [6, 6.07) is 8.90. The van der Waals surface area contributed by atoms with Crippen molar-refractivity contribution < 1.29 is 18.4 Å². The van der Waals surface area contributed by atoms with E-state index in [4.69, 9.17) is 58.0 Å². The van der Waals surface area contributed by atoms with Gasteiger partial charge in [-0.2, -0.15) is 0 Å². The molecular formula is C23H18Cl5F2NO2. The second kappa shape index (κ2) is 8.53. The van der Waals surface area contributed by atoms with Crippen molar-refractivity contribution in [3.05, 3.63) is 68.2 Å². The molecule has 0 aliphatic heterocycles. The minimum atomic E-state index is -2.75. The molecule has 33 heavy (non-hydrogen) atoms. The summed E-state index contributed by atoms with van der Waals surface area (Å²) in [4.78, 5) is 25.7. The average molecular weight is 556 g/mol. The van der Waals surface area contributed by atoms with E-state index >= 15 is 0 Å². The molecule has 0 radical (unpaired) electrons. The summed E-state index contributed by atoms with van der Waals surface area (Å²) < 4.78 is 24.7. The van der Waals surface area contributed by atoms with Crippen molar-refractivity contribution in [3.63, 3.8) is 0 Å². The lowest BCUT2D eigenvalue weighted by molar-refractivity contribution is -0.120. The second-order valence-corrected chi connectivity index (χ2v) is 11.5. The zero-order valence-corrected chi connectivity index (χ0v) is 21.0. The van der Waals surface area contributed by atoms with Crippen molar-refractivity contribution >= 4 is 69.7 Å². The molecule has 0 bridgehead atoms. The molecule has 2 fully saturated rings. The fraction of sp³-hybridized carbons (Fsp3) is 0.391. The molecule has 2 saturated carbocycles. The van der Waals surface area contributed by atoms with Gasteiger partial charge in [-0.05, 0) is 41.5 Å². The molecule has 2 aliphatic rings. The van der Waals surface area contributed by atoms with Crippen molar-refractivity contribution in [1.82, 2.24) is 5.32 Å². The maximum Gasteiger partial charge on any atom is 0.253 e. The fourth-order valence-corrected chi connectivity index (χ4v) is 6.19. The minimum absolute atomic E-state index is 0.0469. The molecule has 176 valence electrons. The number of benzene rings is 2. The highest BCUT2D eigenvalue weighted by atomic mass is 35.5. The van der Waals surface area contributed by atoms with Gasteiger partial charge in [0.2, 0.25) is 0 Å². The van der Waals surface area contributed by atoms with Crippen molar-refractivity contribution in [2.45, 2.75) is 47.9 Å². The largest absolute Gasteiger partial charge is 0.349 e. The highest BCUT2D eigenvalue weighted by molar-refractivity contribution is 6.54. The molecule has 2 aliphatic carbocycles. The maximum absolute atomic E-state index is 13.2. The van der Waals surface area contributed by atoms with Crippen LogP contribution in [0.5, 0.6) is 0 Å². The highest BCUT2D eigenvalue weighted by Gasteiger charge is 2.76. The van der Waals surface area contributed by atoms with Gasteiger partial charge in [0.15, 0.2) is 0 Å². The van der Waals surface area contributed by atoms with Gasteiger partial charge in [0.1, 0.15) is 10.1 Å². The summed E-state index contributed by atoms with van der Waals surface area (Å²) >= 11 is 31.4. The Morgan fingerprint density at radius 2 is 1.64 bits per heavy atom. The van der Waals surface area contributed by atoms with Crippen LogP contribution in [-0.4, -0.2) is 28.0 Å². The molecule has 0 spiro atoms. The Labute approximate surface area is 214 Å². The van der Waals surface area contributed by atoms with Gasteiger partial charge in [0, 0.05) is 40.8 Å². The first-order chi connectivity index (χ1) is 15.2. The summed E-state index contributed by atoms with van der Waals surface area (Å²) in [5, 5.41) is 3.51. The van der Waals surface area contributed by atoms with E-state index in [2.05, 4.69) is 5.32 Å².